The highest BCUT2D eigenvalue weighted by Crippen LogP contribution is 2.43. The van der Waals surface area contributed by atoms with Gasteiger partial charge in [-0.3, -0.25) is 0 Å². The van der Waals surface area contributed by atoms with Gasteiger partial charge in [-0.25, -0.2) is 4.98 Å². The first-order valence-electron chi connectivity index (χ1n) is 11.5. The van der Waals surface area contributed by atoms with Gasteiger partial charge in [0.1, 0.15) is 18.0 Å². The van der Waals surface area contributed by atoms with Crippen LogP contribution in [0, 0.1) is 5.41 Å². The Hall–Kier alpha value is -3.46. The molecule has 3 aromatic heterocycles. The molecule has 3 aliphatic heterocycles. The van der Waals surface area contributed by atoms with Crippen LogP contribution < -0.4 is 14.5 Å². The van der Waals surface area contributed by atoms with E-state index < -0.39 is 0 Å². The van der Waals surface area contributed by atoms with Crippen molar-refractivity contribution in [1.82, 2.24) is 24.8 Å². The minimum Gasteiger partial charge on any atom is -0.486 e. The van der Waals surface area contributed by atoms with E-state index >= 15 is 0 Å². The highest BCUT2D eigenvalue weighted by molar-refractivity contribution is 5.92. The molecule has 1 spiro atoms. The van der Waals surface area contributed by atoms with Gasteiger partial charge >= 0.3 is 0 Å². The molecular formula is C24H25N7O2. The van der Waals surface area contributed by atoms with Gasteiger partial charge in [0.15, 0.2) is 5.75 Å². The molecule has 0 amide bonds. The Labute approximate surface area is 190 Å². The molecular weight excluding hydrogens is 418 g/mol. The van der Waals surface area contributed by atoms with E-state index in [0.29, 0.717) is 23.5 Å². The van der Waals surface area contributed by atoms with E-state index in [1.54, 1.807) is 4.52 Å². The summed E-state index contributed by atoms with van der Waals surface area (Å²) in [6.07, 6.45) is 4.10. The van der Waals surface area contributed by atoms with Crippen LogP contribution in [-0.2, 0) is 4.74 Å². The lowest BCUT2D eigenvalue weighted by Crippen LogP contribution is -2.58. The molecule has 0 aliphatic carbocycles. The van der Waals surface area contributed by atoms with Crippen molar-refractivity contribution in [3.8, 4) is 17.3 Å². The molecule has 33 heavy (non-hydrogen) atoms. The summed E-state index contributed by atoms with van der Waals surface area (Å²) in [5.74, 6) is 1.34. The third kappa shape index (κ3) is 2.88. The molecule has 0 bridgehead atoms. The third-order valence-corrected chi connectivity index (χ3v) is 7.33. The fraction of sp³-hybridized carbons (Fsp3) is 0.417. The van der Waals surface area contributed by atoms with Gasteiger partial charge in [-0.15, -0.1) is 10.2 Å². The zero-order valence-electron chi connectivity index (χ0n) is 18.6. The van der Waals surface area contributed by atoms with Crippen molar-refractivity contribution in [2.24, 2.45) is 5.41 Å². The summed E-state index contributed by atoms with van der Waals surface area (Å²) in [5.41, 5.74) is 4.87. The van der Waals surface area contributed by atoms with Gasteiger partial charge in [-0.1, -0.05) is 18.2 Å². The van der Waals surface area contributed by atoms with Crippen LogP contribution in [0.3, 0.4) is 0 Å². The zero-order valence-corrected chi connectivity index (χ0v) is 18.6. The maximum Gasteiger partial charge on any atom is 0.222 e. The van der Waals surface area contributed by atoms with Gasteiger partial charge in [0, 0.05) is 44.2 Å². The van der Waals surface area contributed by atoms with Gasteiger partial charge < -0.3 is 19.3 Å². The average molecular weight is 444 g/mol. The Morgan fingerprint density at radius 2 is 1.85 bits per heavy atom. The molecule has 2 fully saturated rings. The number of likely N-dealkylation sites (N-methyl/N-ethyl adjacent to an activating group) is 1. The van der Waals surface area contributed by atoms with Crippen molar-refractivity contribution in [3.05, 3.63) is 36.5 Å². The van der Waals surface area contributed by atoms with E-state index in [1.807, 2.05) is 19.3 Å². The van der Waals surface area contributed by atoms with E-state index in [1.165, 1.54) is 5.69 Å². The van der Waals surface area contributed by atoms with Crippen LogP contribution in [0.1, 0.15) is 12.8 Å². The summed E-state index contributed by atoms with van der Waals surface area (Å²) >= 11 is 0. The molecule has 9 heteroatoms. The molecule has 3 aliphatic rings. The number of anilines is 2. The number of ether oxygens (including phenoxy) is 2. The smallest absolute Gasteiger partial charge is 0.222 e. The van der Waals surface area contributed by atoms with E-state index in [4.69, 9.17) is 14.5 Å². The van der Waals surface area contributed by atoms with Crippen molar-refractivity contribution >= 4 is 27.9 Å². The number of hydrogen-bond donors (Lipinski definition) is 0. The Bertz CT molecular complexity index is 1370. The number of para-hydroxylation sites is 1. The maximum absolute atomic E-state index is 5.91. The summed E-state index contributed by atoms with van der Waals surface area (Å²) in [4.78, 5) is 9.62. The van der Waals surface area contributed by atoms with E-state index in [0.717, 1.165) is 73.7 Å². The summed E-state index contributed by atoms with van der Waals surface area (Å²) in [6, 6.07) is 10.5. The highest BCUT2D eigenvalue weighted by Gasteiger charge is 2.44. The molecule has 0 radical (unpaired) electrons. The molecule has 1 aromatic carbocycles. The Morgan fingerprint density at radius 1 is 0.970 bits per heavy atom. The van der Waals surface area contributed by atoms with Crippen LogP contribution in [0.4, 0.5) is 11.4 Å². The summed E-state index contributed by atoms with van der Waals surface area (Å²) in [5, 5.41) is 14.6. The molecule has 2 saturated heterocycles. The zero-order chi connectivity index (χ0) is 22.0. The second-order valence-corrected chi connectivity index (χ2v) is 9.40. The molecule has 7 rings (SSSR count). The van der Waals surface area contributed by atoms with Crippen molar-refractivity contribution in [2.75, 3.05) is 56.3 Å². The van der Waals surface area contributed by atoms with Crippen LogP contribution in [0.2, 0.25) is 0 Å². The number of rotatable bonds is 2. The normalized spacial score (nSPS) is 19.5. The van der Waals surface area contributed by atoms with Crippen LogP contribution in [0.15, 0.2) is 36.5 Å². The van der Waals surface area contributed by atoms with Crippen molar-refractivity contribution < 1.29 is 9.47 Å². The Kier molecular flexibility index (Phi) is 4.05. The molecule has 0 N–H and O–H groups in total. The Balaban J connectivity index is 1.29. The Morgan fingerprint density at radius 3 is 2.73 bits per heavy atom. The van der Waals surface area contributed by atoms with E-state index in [-0.39, 0.29) is 0 Å². The van der Waals surface area contributed by atoms with Gasteiger partial charge in [-0.2, -0.15) is 9.61 Å². The predicted octanol–water partition coefficient (Wildman–Crippen LogP) is 2.78. The molecule has 0 atom stereocenters. The highest BCUT2D eigenvalue weighted by atomic mass is 16.5. The lowest BCUT2D eigenvalue weighted by molar-refractivity contribution is -0.000109. The number of pyridine rings is 1. The van der Waals surface area contributed by atoms with Crippen molar-refractivity contribution in [3.63, 3.8) is 0 Å². The first-order chi connectivity index (χ1) is 16.2. The number of fused-ring (bicyclic) bond motifs is 4. The molecule has 9 nitrogen and oxygen atoms in total. The molecule has 168 valence electrons. The van der Waals surface area contributed by atoms with Crippen LogP contribution in [0.5, 0.6) is 5.75 Å². The second kappa shape index (κ2) is 7.02. The summed E-state index contributed by atoms with van der Waals surface area (Å²) in [6.45, 7) is 5.32. The van der Waals surface area contributed by atoms with Crippen molar-refractivity contribution in [1.29, 1.82) is 0 Å². The molecule has 0 saturated carbocycles. The number of benzene rings is 1. The number of hydrogen-bond acceptors (Lipinski definition) is 8. The minimum absolute atomic E-state index is 0.400. The third-order valence-electron chi connectivity index (χ3n) is 7.33. The fourth-order valence-corrected chi connectivity index (χ4v) is 5.36. The van der Waals surface area contributed by atoms with E-state index in [9.17, 15) is 0 Å². The SMILES string of the molecule is CN1CCOc2c1cnn1c(-c3ccc4cccc(N5CC6(CCOCC6)C5)c4n3)nnc21. The van der Waals surface area contributed by atoms with Crippen LogP contribution >= 0.6 is 0 Å². The average Bonchev–Trinajstić information content (AvgIpc) is 3.27. The second-order valence-electron chi connectivity index (χ2n) is 9.40. The first kappa shape index (κ1) is 19.0. The molecule has 4 aromatic rings. The number of aromatic nitrogens is 5. The summed E-state index contributed by atoms with van der Waals surface area (Å²) < 4.78 is 13.2. The summed E-state index contributed by atoms with van der Waals surface area (Å²) in [7, 11) is 2.03. The molecule has 6 heterocycles. The topological polar surface area (TPSA) is 80.9 Å². The van der Waals surface area contributed by atoms with Crippen molar-refractivity contribution in [2.45, 2.75) is 12.8 Å². The predicted molar refractivity (Wildman–Crippen MR) is 125 cm³/mol. The van der Waals surface area contributed by atoms with Gasteiger partial charge in [0.25, 0.3) is 0 Å². The lowest BCUT2D eigenvalue weighted by Gasteiger charge is -2.53. The largest absolute Gasteiger partial charge is 0.486 e. The number of nitrogens with zero attached hydrogens (tertiary/aromatic N) is 7. The lowest BCUT2D eigenvalue weighted by atomic mass is 9.73. The van der Waals surface area contributed by atoms with E-state index in [2.05, 4.69) is 49.4 Å². The standard InChI is InChI=1S/C24H25N7O2/c1-29-9-12-33-21-19(29)13-25-31-22(27-28-23(21)31)17-6-5-16-3-2-4-18(20(16)26-17)30-14-24(15-30)7-10-32-11-8-24/h2-6,13H,7-12,14-15H2,1H3. The van der Waals surface area contributed by atoms with Gasteiger partial charge in [0.2, 0.25) is 11.5 Å². The quantitative estimate of drug-likeness (QED) is 0.468. The van der Waals surface area contributed by atoms with Gasteiger partial charge in [0.05, 0.1) is 23.9 Å². The maximum atomic E-state index is 5.91. The minimum atomic E-state index is 0.400. The first-order valence-corrected chi connectivity index (χ1v) is 11.5. The fourth-order valence-electron chi connectivity index (χ4n) is 5.36. The van der Waals surface area contributed by atoms with Crippen LogP contribution in [-0.4, -0.2) is 71.3 Å². The van der Waals surface area contributed by atoms with Crippen LogP contribution in [0.25, 0.3) is 28.1 Å². The molecule has 0 unspecified atom stereocenters. The monoisotopic (exact) mass is 443 g/mol. The van der Waals surface area contributed by atoms with Gasteiger partial charge in [-0.05, 0) is 25.0 Å².